The zero-order valence-corrected chi connectivity index (χ0v) is 24.0. The first-order valence-electron chi connectivity index (χ1n) is 12.8. The smallest absolute Gasteiger partial charge is 0.303 e. The number of aliphatic carboxylic acids is 1. The van der Waals surface area contributed by atoms with E-state index in [9.17, 15) is 18.3 Å². The Labute approximate surface area is 234 Å². The molecule has 0 aromatic heterocycles. The molecule has 1 heterocycles. The van der Waals surface area contributed by atoms with Crippen LogP contribution in [-0.4, -0.2) is 48.8 Å². The Morgan fingerprint density at radius 3 is 2.41 bits per heavy atom. The molecule has 1 atom stereocenters. The first-order valence-corrected chi connectivity index (χ1v) is 15.4. The number of nitrogens with one attached hydrogen (secondary N) is 1. The molecule has 1 aliphatic heterocycles. The second kappa shape index (κ2) is 12.3. The van der Waals surface area contributed by atoms with Crippen molar-refractivity contribution >= 4 is 38.4 Å². The van der Waals surface area contributed by atoms with E-state index in [0.29, 0.717) is 18.4 Å². The van der Waals surface area contributed by atoms with Gasteiger partial charge in [-0.25, -0.2) is 8.42 Å². The lowest BCUT2D eigenvalue weighted by Crippen LogP contribution is -2.18. The van der Waals surface area contributed by atoms with Crippen LogP contribution in [0.1, 0.15) is 42.9 Å². The van der Waals surface area contributed by atoms with Gasteiger partial charge in [-0.15, -0.1) is 0 Å². The van der Waals surface area contributed by atoms with Crippen LogP contribution in [0, 0.1) is 0 Å². The molecule has 0 saturated heterocycles. The van der Waals surface area contributed by atoms with Crippen molar-refractivity contribution in [2.75, 3.05) is 23.9 Å². The summed E-state index contributed by atoms with van der Waals surface area (Å²) in [6.45, 7) is 4.23. The highest BCUT2D eigenvalue weighted by Crippen LogP contribution is 2.30. The number of carboxylic acid groups (broad SMARTS) is 1. The van der Waals surface area contributed by atoms with Crippen LogP contribution >= 0.6 is 11.8 Å². The predicted molar refractivity (Wildman–Crippen MR) is 158 cm³/mol. The van der Waals surface area contributed by atoms with Gasteiger partial charge in [0.2, 0.25) is 0 Å². The van der Waals surface area contributed by atoms with E-state index in [2.05, 4.69) is 25.2 Å². The quantitative estimate of drug-likeness (QED) is 0.302. The van der Waals surface area contributed by atoms with Crippen molar-refractivity contribution in [2.45, 2.75) is 49.5 Å². The summed E-state index contributed by atoms with van der Waals surface area (Å²) in [5.74, 6) is -0.174. The molecule has 1 aliphatic rings. The molecular formula is C30H34N2O5S2. The van der Waals surface area contributed by atoms with Gasteiger partial charge in [-0.2, -0.15) is 0 Å². The predicted octanol–water partition coefficient (Wildman–Crippen LogP) is 5.81. The van der Waals surface area contributed by atoms with Gasteiger partial charge in [0.1, 0.15) is 5.75 Å². The number of amidine groups is 1. The van der Waals surface area contributed by atoms with Crippen LogP contribution in [0.2, 0.25) is 0 Å². The van der Waals surface area contributed by atoms with Crippen LogP contribution in [0.4, 0.5) is 5.69 Å². The van der Waals surface area contributed by atoms with Gasteiger partial charge in [-0.05, 0) is 73.7 Å². The standard InChI is InChI=1S/C30H34N2O5S2/c1-30(2)20-38-29(32-30)31-25-13-16-27(37-3)23(17-25)12-9-21-10-14-26(15-11-21)39(35,36)19-24(18-28(33)34)22-7-5-4-6-8-22/h4-8,10-11,13-17,24H,9,12,18-20H2,1-3H3,(H,31,32)(H,33,34)/t24-/m0/s1. The van der Waals surface area contributed by atoms with Gasteiger partial charge in [-0.3, -0.25) is 9.79 Å². The van der Waals surface area contributed by atoms with Crippen molar-refractivity contribution in [3.63, 3.8) is 0 Å². The van der Waals surface area contributed by atoms with Crippen molar-refractivity contribution in [1.29, 1.82) is 0 Å². The topological polar surface area (TPSA) is 105 Å². The Balaban J connectivity index is 1.43. The van der Waals surface area contributed by atoms with E-state index in [1.165, 1.54) is 0 Å². The highest BCUT2D eigenvalue weighted by molar-refractivity contribution is 8.14. The highest BCUT2D eigenvalue weighted by Gasteiger charge is 2.26. The summed E-state index contributed by atoms with van der Waals surface area (Å²) < 4.78 is 31.9. The van der Waals surface area contributed by atoms with Gasteiger partial charge in [0, 0.05) is 17.4 Å². The summed E-state index contributed by atoms with van der Waals surface area (Å²) in [5, 5.41) is 13.6. The fourth-order valence-electron chi connectivity index (χ4n) is 4.54. The third-order valence-electron chi connectivity index (χ3n) is 6.58. The number of aryl methyl sites for hydroxylation is 2. The van der Waals surface area contributed by atoms with Crippen molar-refractivity contribution < 1.29 is 23.1 Å². The minimum absolute atomic E-state index is 0.0688. The summed E-state index contributed by atoms with van der Waals surface area (Å²) >= 11 is 1.71. The third-order valence-corrected chi connectivity index (χ3v) is 9.73. The Bertz CT molecular complexity index is 1440. The van der Waals surface area contributed by atoms with E-state index in [-0.39, 0.29) is 22.6 Å². The molecule has 0 spiro atoms. The van der Waals surface area contributed by atoms with Crippen molar-refractivity contribution in [3.8, 4) is 5.75 Å². The summed E-state index contributed by atoms with van der Waals surface area (Å²) in [5.41, 5.74) is 3.62. The lowest BCUT2D eigenvalue weighted by molar-refractivity contribution is -0.137. The Kier molecular flexibility index (Phi) is 9.02. The maximum absolute atomic E-state index is 13.2. The van der Waals surface area contributed by atoms with Crippen LogP contribution in [-0.2, 0) is 27.5 Å². The summed E-state index contributed by atoms with van der Waals surface area (Å²) in [7, 11) is -2.03. The number of nitrogens with zero attached hydrogens (tertiary/aromatic N) is 1. The Morgan fingerprint density at radius 1 is 1.08 bits per heavy atom. The average molecular weight is 567 g/mol. The molecule has 4 rings (SSSR count). The van der Waals surface area contributed by atoms with Crippen molar-refractivity contribution in [1.82, 2.24) is 0 Å². The zero-order valence-electron chi connectivity index (χ0n) is 22.4. The molecule has 3 aromatic carbocycles. The number of aliphatic imine (C=N–C) groups is 1. The second-order valence-electron chi connectivity index (χ2n) is 10.3. The molecule has 0 bridgehead atoms. The number of carbonyl (C=O) groups is 1. The van der Waals surface area contributed by atoms with Gasteiger partial charge in [-0.1, -0.05) is 54.2 Å². The Hall–Kier alpha value is -3.30. The number of sulfone groups is 1. The van der Waals surface area contributed by atoms with Crippen molar-refractivity contribution in [2.24, 2.45) is 4.99 Å². The molecule has 0 amide bonds. The summed E-state index contributed by atoms with van der Waals surface area (Å²) in [6.07, 6.45) is 1.17. The maximum Gasteiger partial charge on any atom is 0.303 e. The maximum atomic E-state index is 13.2. The molecule has 0 fully saturated rings. The van der Waals surface area contributed by atoms with Crippen LogP contribution in [0.25, 0.3) is 0 Å². The van der Waals surface area contributed by atoms with E-state index in [4.69, 9.17) is 9.73 Å². The van der Waals surface area contributed by atoms with E-state index >= 15 is 0 Å². The lowest BCUT2D eigenvalue weighted by Gasteiger charge is -2.16. The Morgan fingerprint density at radius 2 is 1.79 bits per heavy atom. The van der Waals surface area contributed by atoms with E-state index in [1.54, 1.807) is 55.3 Å². The molecule has 9 heteroatoms. The molecule has 0 radical (unpaired) electrons. The number of hydrogen-bond donors (Lipinski definition) is 2. The molecule has 2 N–H and O–H groups in total. The van der Waals surface area contributed by atoms with Crippen LogP contribution in [0.3, 0.4) is 0 Å². The van der Waals surface area contributed by atoms with Gasteiger partial charge in [0.15, 0.2) is 15.0 Å². The minimum atomic E-state index is -3.68. The number of anilines is 1. The molecule has 3 aromatic rings. The number of ether oxygens (including phenoxy) is 1. The second-order valence-corrected chi connectivity index (χ2v) is 13.3. The first-order chi connectivity index (χ1) is 18.5. The molecule has 206 valence electrons. The average Bonchev–Trinajstić information content (AvgIpc) is 3.25. The fraction of sp³-hybridized carbons (Fsp3) is 0.333. The summed E-state index contributed by atoms with van der Waals surface area (Å²) in [6, 6.07) is 21.8. The molecule has 0 unspecified atom stereocenters. The number of thioether (sulfide) groups is 1. The molecule has 0 saturated carbocycles. The molecule has 7 nitrogen and oxygen atoms in total. The highest BCUT2D eigenvalue weighted by atomic mass is 32.2. The normalized spacial score (nSPS) is 15.4. The van der Waals surface area contributed by atoms with Gasteiger partial charge < -0.3 is 15.2 Å². The minimum Gasteiger partial charge on any atom is -0.496 e. The molecular weight excluding hydrogens is 532 g/mol. The molecule has 0 aliphatic carbocycles. The van der Waals surface area contributed by atoms with E-state index in [0.717, 1.165) is 33.5 Å². The lowest BCUT2D eigenvalue weighted by atomic mass is 9.98. The number of hydrogen-bond acceptors (Lipinski definition) is 7. The van der Waals surface area contributed by atoms with E-state index in [1.807, 2.05) is 30.3 Å². The van der Waals surface area contributed by atoms with Gasteiger partial charge in [0.05, 0.1) is 29.7 Å². The summed E-state index contributed by atoms with van der Waals surface area (Å²) in [4.78, 5) is 16.3. The van der Waals surface area contributed by atoms with Crippen LogP contribution < -0.4 is 10.1 Å². The van der Waals surface area contributed by atoms with Crippen LogP contribution in [0.15, 0.2) is 82.7 Å². The zero-order chi connectivity index (χ0) is 28.0. The SMILES string of the molecule is COc1ccc(NC2=NC(C)(C)CS2)cc1CCc1ccc(S(=O)(=O)C[C@H](CC(=O)O)c2ccccc2)cc1. The first kappa shape index (κ1) is 28.7. The number of benzene rings is 3. The largest absolute Gasteiger partial charge is 0.496 e. The number of rotatable bonds is 11. The van der Waals surface area contributed by atoms with E-state index < -0.39 is 21.7 Å². The number of methoxy groups -OCH3 is 1. The van der Waals surface area contributed by atoms with Crippen molar-refractivity contribution in [3.05, 3.63) is 89.5 Å². The van der Waals surface area contributed by atoms with Crippen LogP contribution in [0.5, 0.6) is 5.75 Å². The third kappa shape index (κ3) is 7.86. The fourth-order valence-corrected chi connectivity index (χ4v) is 7.18. The van der Waals surface area contributed by atoms with Gasteiger partial charge >= 0.3 is 5.97 Å². The van der Waals surface area contributed by atoms with Gasteiger partial charge in [0.25, 0.3) is 0 Å². The number of carboxylic acids is 1. The monoisotopic (exact) mass is 566 g/mol. The molecule has 39 heavy (non-hydrogen) atoms.